The molecule has 0 aromatic rings. The van der Waals surface area contributed by atoms with Crippen molar-refractivity contribution in [3.8, 4) is 0 Å². The van der Waals surface area contributed by atoms with Crippen LogP contribution in [0.3, 0.4) is 0 Å². The summed E-state index contributed by atoms with van der Waals surface area (Å²) in [5.74, 6) is -0.249. The van der Waals surface area contributed by atoms with Gasteiger partial charge < -0.3 is 20.1 Å². The fourth-order valence-corrected chi connectivity index (χ4v) is 10.7. The van der Waals surface area contributed by atoms with E-state index in [1.807, 2.05) is 0 Å². The van der Waals surface area contributed by atoms with E-state index in [1.165, 1.54) is 5.57 Å². The minimum atomic E-state index is -1.15. The smallest absolute Gasteiger partial charge is 0.0662 e. The molecule has 0 radical (unpaired) electrons. The standard InChI is InChI=1S/C30H48O4/c1-25(2)14-15-30(24(33)34)19(16-25)18-8-9-21-27(5)12-11-22(31)26(3,4)20(27)10-13-28(21,6)29(18,7)17-23(30)32/h8,19-23,31-32H,9-17H2,1-7H3,(H,33,34)/p-1/t19-,20-,21+,22-,23+,27-,28+,29+,30+/m0/s1. The number of carbonyl (C=O) groups is 1. The molecule has 4 saturated carbocycles. The van der Waals surface area contributed by atoms with Gasteiger partial charge in [0.15, 0.2) is 0 Å². The highest BCUT2D eigenvalue weighted by atomic mass is 16.4. The molecule has 4 fully saturated rings. The van der Waals surface area contributed by atoms with Crippen molar-refractivity contribution in [2.75, 3.05) is 0 Å². The van der Waals surface area contributed by atoms with Crippen LogP contribution in [-0.2, 0) is 4.79 Å². The number of carbonyl (C=O) groups excluding carboxylic acids is 1. The van der Waals surface area contributed by atoms with Gasteiger partial charge in [0.05, 0.1) is 18.2 Å². The van der Waals surface area contributed by atoms with Crippen LogP contribution in [0.4, 0.5) is 0 Å². The van der Waals surface area contributed by atoms with Crippen LogP contribution in [0, 0.1) is 50.2 Å². The molecule has 5 aliphatic rings. The maximum atomic E-state index is 12.7. The zero-order valence-electron chi connectivity index (χ0n) is 22.5. The van der Waals surface area contributed by atoms with Gasteiger partial charge >= 0.3 is 0 Å². The predicted molar refractivity (Wildman–Crippen MR) is 131 cm³/mol. The first-order chi connectivity index (χ1) is 15.6. The van der Waals surface area contributed by atoms with E-state index in [2.05, 4.69) is 54.5 Å². The van der Waals surface area contributed by atoms with Crippen molar-refractivity contribution < 1.29 is 20.1 Å². The Morgan fingerprint density at radius 2 is 1.56 bits per heavy atom. The lowest BCUT2D eigenvalue weighted by Crippen LogP contribution is -2.68. The molecule has 0 aromatic heterocycles. The molecule has 0 spiro atoms. The summed E-state index contributed by atoms with van der Waals surface area (Å²) < 4.78 is 0. The Balaban J connectivity index is 1.63. The van der Waals surface area contributed by atoms with Gasteiger partial charge in [0.2, 0.25) is 0 Å². The average Bonchev–Trinajstić information content (AvgIpc) is 2.71. The van der Waals surface area contributed by atoms with E-state index in [-0.39, 0.29) is 39.1 Å². The number of carboxylic acid groups (broad SMARTS) is 1. The summed E-state index contributed by atoms with van der Waals surface area (Å²) in [6.07, 6.45) is 9.00. The van der Waals surface area contributed by atoms with Gasteiger partial charge in [-0.25, -0.2) is 0 Å². The van der Waals surface area contributed by atoms with Crippen molar-refractivity contribution in [2.45, 2.75) is 118 Å². The third-order valence-electron chi connectivity index (χ3n) is 13.0. The van der Waals surface area contributed by atoms with Crippen LogP contribution in [0.5, 0.6) is 0 Å². The van der Waals surface area contributed by atoms with Crippen LogP contribution in [0.15, 0.2) is 11.6 Å². The molecule has 0 aromatic carbocycles. The van der Waals surface area contributed by atoms with Crippen LogP contribution in [0.2, 0.25) is 0 Å². The molecule has 4 heteroatoms. The molecule has 4 nitrogen and oxygen atoms in total. The molecule has 192 valence electrons. The maximum Gasteiger partial charge on any atom is 0.0662 e. The second-order valence-corrected chi connectivity index (χ2v) is 15.1. The van der Waals surface area contributed by atoms with Crippen molar-refractivity contribution in [2.24, 2.45) is 50.2 Å². The van der Waals surface area contributed by atoms with Crippen molar-refractivity contribution in [3.05, 3.63) is 11.6 Å². The van der Waals surface area contributed by atoms with Crippen molar-refractivity contribution in [3.63, 3.8) is 0 Å². The van der Waals surface area contributed by atoms with Gasteiger partial charge in [0.1, 0.15) is 0 Å². The minimum Gasteiger partial charge on any atom is -0.549 e. The second-order valence-electron chi connectivity index (χ2n) is 15.1. The zero-order chi connectivity index (χ0) is 25.1. The van der Waals surface area contributed by atoms with Crippen molar-refractivity contribution >= 4 is 5.97 Å². The molecule has 2 N–H and O–H groups in total. The molecule has 0 aliphatic heterocycles. The van der Waals surface area contributed by atoms with E-state index in [1.54, 1.807) is 0 Å². The quantitative estimate of drug-likeness (QED) is 0.535. The third kappa shape index (κ3) is 2.82. The van der Waals surface area contributed by atoms with Gasteiger partial charge in [-0.1, -0.05) is 60.1 Å². The monoisotopic (exact) mass is 471 g/mol. The van der Waals surface area contributed by atoms with E-state index < -0.39 is 17.5 Å². The topological polar surface area (TPSA) is 80.6 Å². The van der Waals surface area contributed by atoms with Gasteiger partial charge in [0, 0.05) is 5.41 Å². The molecular weight excluding hydrogens is 424 g/mol. The van der Waals surface area contributed by atoms with Gasteiger partial charge in [0.25, 0.3) is 0 Å². The summed E-state index contributed by atoms with van der Waals surface area (Å²) in [7, 11) is 0. The molecular formula is C30H47O4-. The number of aliphatic hydroxyl groups excluding tert-OH is 2. The number of aliphatic carboxylic acids is 1. The van der Waals surface area contributed by atoms with Gasteiger partial charge in [-0.05, 0) is 103 Å². The summed E-state index contributed by atoms with van der Waals surface area (Å²) in [4.78, 5) is 12.7. The molecule has 34 heavy (non-hydrogen) atoms. The highest BCUT2D eigenvalue weighted by molar-refractivity contribution is 5.75. The Morgan fingerprint density at radius 3 is 2.21 bits per heavy atom. The lowest BCUT2D eigenvalue weighted by molar-refractivity contribution is -0.333. The molecule has 5 rings (SSSR count). The van der Waals surface area contributed by atoms with Gasteiger partial charge in [-0.3, -0.25) is 0 Å². The zero-order valence-corrected chi connectivity index (χ0v) is 22.5. The highest BCUT2D eigenvalue weighted by Crippen LogP contribution is 2.75. The third-order valence-corrected chi connectivity index (χ3v) is 13.0. The summed E-state index contributed by atoms with van der Waals surface area (Å²) >= 11 is 0. The highest BCUT2D eigenvalue weighted by Gasteiger charge is 2.70. The first kappa shape index (κ1) is 24.8. The molecule has 0 saturated heterocycles. The lowest BCUT2D eigenvalue weighted by Gasteiger charge is -2.72. The number of hydrogen-bond donors (Lipinski definition) is 2. The van der Waals surface area contributed by atoms with Crippen LogP contribution >= 0.6 is 0 Å². The van der Waals surface area contributed by atoms with Gasteiger partial charge in [-0.15, -0.1) is 0 Å². The van der Waals surface area contributed by atoms with Crippen molar-refractivity contribution in [1.82, 2.24) is 0 Å². The summed E-state index contributed by atoms with van der Waals surface area (Å²) in [5.41, 5.74) is 0.0476. The molecule has 0 bridgehead atoms. The largest absolute Gasteiger partial charge is 0.549 e. The van der Waals surface area contributed by atoms with E-state index >= 15 is 0 Å². The number of carboxylic acids is 1. The van der Waals surface area contributed by atoms with Crippen LogP contribution in [0.1, 0.15) is 106 Å². The molecule has 9 atom stereocenters. The average molecular weight is 472 g/mol. The fraction of sp³-hybridized carbons (Fsp3) is 0.900. The summed E-state index contributed by atoms with van der Waals surface area (Å²) in [5, 5.41) is 35.2. The number of rotatable bonds is 1. The molecule has 0 unspecified atom stereocenters. The number of fused-ring (bicyclic) bond motifs is 7. The molecule has 0 amide bonds. The number of allylic oxidation sites excluding steroid dienone is 2. The van der Waals surface area contributed by atoms with E-state index in [4.69, 9.17) is 0 Å². The Kier molecular flexibility index (Phi) is 5.20. The van der Waals surface area contributed by atoms with E-state index in [0.29, 0.717) is 24.7 Å². The first-order valence-electron chi connectivity index (χ1n) is 13.8. The van der Waals surface area contributed by atoms with Crippen molar-refractivity contribution in [1.29, 1.82) is 0 Å². The van der Waals surface area contributed by atoms with Crippen LogP contribution < -0.4 is 5.11 Å². The Bertz CT molecular complexity index is 919. The Hall–Kier alpha value is -0.870. The van der Waals surface area contributed by atoms with Crippen LogP contribution in [0.25, 0.3) is 0 Å². The van der Waals surface area contributed by atoms with E-state index in [9.17, 15) is 20.1 Å². The summed E-state index contributed by atoms with van der Waals surface area (Å²) in [6, 6.07) is 0. The van der Waals surface area contributed by atoms with E-state index in [0.717, 1.165) is 44.9 Å². The normalized spacial score (nSPS) is 53.4. The SMILES string of the molecule is CC1(C)CC[C@]2(C(=O)[O-])[C@H](O)C[C@]3(C)C(=CC[C@@H]4[C@@]5(C)CC[C@H](O)C(C)(C)[C@@H]5CC[C@]43C)[C@@H]2C1. The molecule has 0 heterocycles. The fourth-order valence-electron chi connectivity index (χ4n) is 10.7. The lowest BCUT2D eigenvalue weighted by atomic mass is 9.33. The number of hydrogen-bond acceptors (Lipinski definition) is 4. The second kappa shape index (κ2) is 7.12. The Labute approximate surface area is 206 Å². The van der Waals surface area contributed by atoms with Crippen LogP contribution in [-0.4, -0.2) is 28.4 Å². The minimum absolute atomic E-state index is 0.00136. The summed E-state index contributed by atoms with van der Waals surface area (Å²) in [6.45, 7) is 16.3. The van der Waals surface area contributed by atoms with Gasteiger partial charge in [-0.2, -0.15) is 0 Å². The maximum absolute atomic E-state index is 12.7. The number of aliphatic hydroxyl groups is 2. The molecule has 5 aliphatic carbocycles. The first-order valence-corrected chi connectivity index (χ1v) is 13.8. The predicted octanol–water partition coefficient (Wildman–Crippen LogP) is 4.87. The Morgan fingerprint density at radius 1 is 0.882 bits per heavy atom.